The zero-order chi connectivity index (χ0) is 32.9. The Kier molecular flexibility index (Phi) is 10.3. The monoisotopic (exact) mass is 614 g/mol. The fraction of sp³-hybridized carbons (Fsp3) is 0.444. The second-order valence-corrected chi connectivity index (χ2v) is 13.5. The molecule has 9 nitrogen and oxygen atoms in total. The molecule has 9 heteroatoms. The molecule has 3 N–H and O–H groups in total. The van der Waals surface area contributed by atoms with E-state index >= 15 is 0 Å². The number of amides is 2. The van der Waals surface area contributed by atoms with Crippen molar-refractivity contribution in [1.82, 2.24) is 4.98 Å². The lowest BCUT2D eigenvalue weighted by molar-refractivity contribution is -0.538. The number of aryl methyl sites for hydroxylation is 2. The van der Waals surface area contributed by atoms with Crippen molar-refractivity contribution in [3.63, 3.8) is 0 Å². The van der Waals surface area contributed by atoms with Crippen molar-refractivity contribution in [3.8, 4) is 5.69 Å². The van der Waals surface area contributed by atoms with E-state index in [0.29, 0.717) is 18.8 Å². The van der Waals surface area contributed by atoms with Gasteiger partial charge >= 0.3 is 12.2 Å². The molecule has 3 aromatic carbocycles. The first kappa shape index (κ1) is 33.6. The summed E-state index contributed by atoms with van der Waals surface area (Å²) in [7, 11) is 0. The molecule has 1 heterocycles. The Morgan fingerprint density at radius 1 is 0.822 bits per heavy atom. The number of nitrogens with one attached hydrogen (secondary N) is 1. The standard InChI is InChI=1S/C36H47N5O4/c1-24-20-28-31(22-27(24)39-33(42)44-35(3,4)5)41(26-16-12-11-13-17-26)32-23-30(25(2)21-29(32)38-28)40(19-15-10-9-14-18-37)34(43)45-36(6,7)8/h11-13,16-17,20-23H,9-10,14-15,18-19,37H2,1-8H3/p+1. The van der Waals surface area contributed by atoms with Crippen LogP contribution in [0.4, 0.5) is 21.0 Å². The molecule has 0 bridgehead atoms. The van der Waals surface area contributed by atoms with E-state index in [-0.39, 0.29) is 6.09 Å². The van der Waals surface area contributed by atoms with Gasteiger partial charge < -0.3 is 15.2 Å². The Bertz CT molecular complexity index is 1670. The van der Waals surface area contributed by atoms with Crippen molar-refractivity contribution in [1.29, 1.82) is 0 Å². The van der Waals surface area contributed by atoms with E-state index in [9.17, 15) is 9.59 Å². The molecule has 0 fully saturated rings. The molecule has 1 aromatic heterocycles. The van der Waals surface area contributed by atoms with Crippen molar-refractivity contribution < 1.29 is 23.6 Å². The van der Waals surface area contributed by atoms with Crippen LogP contribution in [0.25, 0.3) is 27.8 Å². The lowest BCUT2D eigenvalue weighted by Crippen LogP contribution is -2.38. The molecule has 0 aliphatic heterocycles. The molecule has 45 heavy (non-hydrogen) atoms. The Balaban J connectivity index is 1.92. The van der Waals surface area contributed by atoms with Gasteiger partial charge in [0, 0.05) is 30.8 Å². The molecular formula is C36H48N5O4+. The molecule has 0 saturated heterocycles. The summed E-state index contributed by atoms with van der Waals surface area (Å²) >= 11 is 0. The van der Waals surface area contributed by atoms with Gasteiger partial charge in [-0.2, -0.15) is 0 Å². The summed E-state index contributed by atoms with van der Waals surface area (Å²) in [5.74, 6) is 0. The van der Waals surface area contributed by atoms with Crippen LogP contribution < -0.4 is 20.5 Å². The maximum absolute atomic E-state index is 13.6. The molecule has 2 amide bonds. The SMILES string of the molecule is Cc1cc2nc3cc(C)c(N(CCCCCCN)C(=O)OC(C)(C)C)cc3[n+](-c3ccccc3)c2cc1NC(=O)OC(C)(C)C. The Hall–Kier alpha value is -4.24. The lowest BCUT2D eigenvalue weighted by Gasteiger charge is -2.28. The van der Waals surface area contributed by atoms with E-state index in [4.69, 9.17) is 20.2 Å². The number of ether oxygens (including phenoxy) is 2. The van der Waals surface area contributed by atoms with Gasteiger partial charge in [-0.25, -0.2) is 14.6 Å². The smallest absolute Gasteiger partial charge is 0.414 e. The van der Waals surface area contributed by atoms with Crippen LogP contribution in [0.15, 0.2) is 54.6 Å². The summed E-state index contributed by atoms with van der Waals surface area (Å²) < 4.78 is 13.5. The maximum Gasteiger partial charge on any atom is 0.414 e. The number of hydrogen-bond donors (Lipinski definition) is 2. The van der Waals surface area contributed by atoms with Gasteiger partial charge in [-0.1, -0.05) is 31.0 Å². The van der Waals surface area contributed by atoms with Gasteiger partial charge in [0.15, 0.2) is 0 Å². The minimum absolute atomic E-state index is 0.386. The van der Waals surface area contributed by atoms with Gasteiger partial charge in [0.05, 0.1) is 11.4 Å². The number of carbonyl (C=O) groups is 2. The van der Waals surface area contributed by atoms with E-state index in [1.54, 1.807) is 4.90 Å². The maximum atomic E-state index is 13.6. The van der Waals surface area contributed by atoms with Crippen LogP contribution in [-0.2, 0) is 9.47 Å². The van der Waals surface area contributed by atoms with Crippen molar-refractivity contribution >= 4 is 45.6 Å². The Morgan fingerprint density at radius 2 is 1.42 bits per heavy atom. The fourth-order valence-corrected chi connectivity index (χ4v) is 5.24. The van der Waals surface area contributed by atoms with Crippen LogP contribution in [0.1, 0.15) is 78.4 Å². The minimum Gasteiger partial charge on any atom is -0.444 e. The van der Waals surface area contributed by atoms with Gasteiger partial charge in [0.2, 0.25) is 16.7 Å². The van der Waals surface area contributed by atoms with Gasteiger partial charge in [0.25, 0.3) is 0 Å². The third-order valence-corrected chi connectivity index (χ3v) is 7.23. The first-order valence-corrected chi connectivity index (χ1v) is 15.7. The summed E-state index contributed by atoms with van der Waals surface area (Å²) in [4.78, 5) is 33.2. The van der Waals surface area contributed by atoms with E-state index < -0.39 is 17.3 Å². The number of rotatable bonds is 9. The van der Waals surface area contributed by atoms with E-state index in [0.717, 1.165) is 70.3 Å². The van der Waals surface area contributed by atoms with Crippen molar-refractivity contribution in [2.75, 3.05) is 23.3 Å². The molecular weight excluding hydrogens is 566 g/mol. The highest BCUT2D eigenvalue weighted by Gasteiger charge is 2.28. The molecule has 0 radical (unpaired) electrons. The third kappa shape index (κ3) is 8.69. The quantitative estimate of drug-likeness (QED) is 0.113. The largest absolute Gasteiger partial charge is 0.444 e. The summed E-state index contributed by atoms with van der Waals surface area (Å²) in [6, 6.07) is 17.9. The topological polar surface area (TPSA) is 111 Å². The second-order valence-electron chi connectivity index (χ2n) is 13.5. The summed E-state index contributed by atoms with van der Waals surface area (Å²) in [5, 5.41) is 2.92. The molecule has 0 aliphatic carbocycles. The van der Waals surface area contributed by atoms with Crippen LogP contribution in [-0.4, -0.2) is 41.5 Å². The predicted octanol–water partition coefficient (Wildman–Crippen LogP) is 7.89. The number of unbranched alkanes of at least 4 members (excludes halogenated alkanes) is 3. The highest BCUT2D eigenvalue weighted by molar-refractivity contribution is 5.94. The first-order valence-electron chi connectivity index (χ1n) is 15.7. The van der Waals surface area contributed by atoms with Gasteiger partial charge in [-0.05, 0) is 98.0 Å². The zero-order valence-corrected chi connectivity index (χ0v) is 28.0. The summed E-state index contributed by atoms with van der Waals surface area (Å²) in [5.41, 5.74) is 11.7. The fourth-order valence-electron chi connectivity index (χ4n) is 5.24. The average molecular weight is 615 g/mol. The first-order chi connectivity index (χ1) is 21.2. The molecule has 0 unspecified atom stereocenters. The van der Waals surface area contributed by atoms with E-state index in [2.05, 4.69) is 9.88 Å². The molecule has 0 saturated carbocycles. The van der Waals surface area contributed by atoms with Crippen LogP contribution in [0.5, 0.6) is 0 Å². The van der Waals surface area contributed by atoms with Crippen LogP contribution in [0, 0.1) is 13.8 Å². The number of nitrogens with zero attached hydrogens (tertiary/aromatic N) is 3. The average Bonchev–Trinajstić information content (AvgIpc) is 2.93. The van der Waals surface area contributed by atoms with Crippen LogP contribution in [0.3, 0.4) is 0 Å². The zero-order valence-electron chi connectivity index (χ0n) is 28.0. The molecule has 0 spiro atoms. The summed E-state index contributed by atoms with van der Waals surface area (Å²) in [6.07, 6.45) is 2.85. The number of fused-ring (bicyclic) bond motifs is 2. The number of benzene rings is 3. The normalized spacial score (nSPS) is 11.9. The predicted molar refractivity (Wildman–Crippen MR) is 181 cm³/mol. The highest BCUT2D eigenvalue weighted by Crippen LogP contribution is 2.30. The molecule has 240 valence electrons. The Morgan fingerprint density at radius 3 is 2.04 bits per heavy atom. The summed E-state index contributed by atoms with van der Waals surface area (Å²) in [6.45, 7) is 16.2. The number of para-hydroxylation sites is 1. The van der Waals surface area contributed by atoms with Crippen molar-refractivity contribution in [2.45, 2.75) is 92.3 Å². The van der Waals surface area contributed by atoms with Gasteiger partial charge in [-0.3, -0.25) is 10.2 Å². The molecule has 0 aliphatic rings. The molecule has 4 rings (SSSR count). The van der Waals surface area contributed by atoms with E-state index in [1.807, 2.05) is 110 Å². The second kappa shape index (κ2) is 13.8. The van der Waals surface area contributed by atoms with Crippen molar-refractivity contribution in [3.05, 3.63) is 65.7 Å². The lowest BCUT2D eigenvalue weighted by atomic mass is 10.1. The highest BCUT2D eigenvalue weighted by atomic mass is 16.6. The number of anilines is 2. The number of nitrogens with two attached hydrogens (primary N) is 1. The van der Waals surface area contributed by atoms with Crippen molar-refractivity contribution in [2.24, 2.45) is 5.73 Å². The third-order valence-electron chi connectivity index (χ3n) is 7.23. The number of carbonyl (C=O) groups excluding carboxylic acids is 2. The molecule has 0 atom stereocenters. The Labute approximate surface area is 266 Å². The van der Waals surface area contributed by atoms with Crippen LogP contribution >= 0.6 is 0 Å². The van der Waals surface area contributed by atoms with Crippen LogP contribution in [0.2, 0.25) is 0 Å². The van der Waals surface area contributed by atoms with Gasteiger partial charge in [-0.15, -0.1) is 4.57 Å². The van der Waals surface area contributed by atoms with Gasteiger partial charge in [0.1, 0.15) is 22.2 Å². The molecule has 4 aromatic rings. The minimum atomic E-state index is -0.642. The number of aromatic nitrogens is 2. The number of hydrogen-bond acceptors (Lipinski definition) is 6. The van der Waals surface area contributed by atoms with E-state index in [1.165, 1.54) is 0 Å².